The number of carbonyl (C=O) groups is 3. The Bertz CT molecular complexity index is 871. The molecule has 2 amide bonds. The van der Waals surface area contributed by atoms with Crippen molar-refractivity contribution in [3.8, 4) is 0 Å². The van der Waals surface area contributed by atoms with Crippen LogP contribution in [0, 0.1) is 13.8 Å². The molecule has 0 bridgehead atoms. The highest BCUT2D eigenvalue weighted by molar-refractivity contribution is 5.97. The van der Waals surface area contributed by atoms with Crippen LogP contribution in [0.2, 0.25) is 0 Å². The summed E-state index contributed by atoms with van der Waals surface area (Å²) in [5.41, 5.74) is 3.90. The molecule has 0 aromatic heterocycles. The van der Waals surface area contributed by atoms with Gasteiger partial charge in [-0.2, -0.15) is 0 Å². The van der Waals surface area contributed by atoms with Gasteiger partial charge >= 0.3 is 5.97 Å². The van der Waals surface area contributed by atoms with Crippen LogP contribution in [0.15, 0.2) is 42.5 Å². The maximum absolute atomic E-state index is 12.2. The standard InChI is InChI=1S/C22H27N3O4/c1-14-7-6-8-15(2)20(14)24-19(26)13-23-21(27)16(3)29-22(28)17-9-11-18(12-10-17)25(4)5/h6-12,16H,13H2,1-5H3,(H,23,27)(H,24,26)/t16-/m0/s1. The molecule has 0 aliphatic carbocycles. The molecule has 2 aromatic carbocycles. The van der Waals surface area contributed by atoms with Gasteiger partial charge in [-0.3, -0.25) is 9.59 Å². The Morgan fingerprint density at radius 1 is 1.00 bits per heavy atom. The summed E-state index contributed by atoms with van der Waals surface area (Å²) < 4.78 is 5.19. The van der Waals surface area contributed by atoms with Crippen LogP contribution in [0.4, 0.5) is 11.4 Å². The van der Waals surface area contributed by atoms with E-state index < -0.39 is 18.0 Å². The van der Waals surface area contributed by atoms with Crippen LogP contribution in [0.25, 0.3) is 0 Å². The summed E-state index contributed by atoms with van der Waals surface area (Å²) in [5.74, 6) is -1.49. The fourth-order valence-corrected chi connectivity index (χ4v) is 2.68. The fraction of sp³-hybridized carbons (Fsp3) is 0.318. The smallest absolute Gasteiger partial charge is 0.338 e. The van der Waals surface area contributed by atoms with Crippen molar-refractivity contribution < 1.29 is 19.1 Å². The number of nitrogens with zero attached hydrogens (tertiary/aromatic N) is 1. The summed E-state index contributed by atoms with van der Waals surface area (Å²) in [7, 11) is 3.80. The molecule has 0 spiro atoms. The van der Waals surface area contributed by atoms with E-state index in [-0.39, 0.29) is 12.5 Å². The molecule has 154 valence electrons. The van der Waals surface area contributed by atoms with Crippen molar-refractivity contribution in [3.63, 3.8) is 0 Å². The number of carbonyl (C=O) groups excluding carboxylic acids is 3. The number of esters is 1. The van der Waals surface area contributed by atoms with Gasteiger partial charge < -0.3 is 20.3 Å². The normalized spacial score (nSPS) is 11.3. The predicted octanol–water partition coefficient (Wildman–Crippen LogP) is 2.67. The molecule has 0 aliphatic rings. The van der Waals surface area contributed by atoms with Gasteiger partial charge in [-0.15, -0.1) is 0 Å². The van der Waals surface area contributed by atoms with E-state index >= 15 is 0 Å². The zero-order valence-corrected chi connectivity index (χ0v) is 17.4. The number of aryl methyl sites for hydroxylation is 2. The van der Waals surface area contributed by atoms with Crippen molar-refractivity contribution >= 4 is 29.2 Å². The van der Waals surface area contributed by atoms with Gasteiger partial charge in [-0.05, 0) is 56.2 Å². The van der Waals surface area contributed by atoms with Gasteiger partial charge in [-0.25, -0.2) is 4.79 Å². The summed E-state index contributed by atoms with van der Waals surface area (Å²) in [5, 5.41) is 5.28. The molecular formula is C22H27N3O4. The molecule has 0 aliphatic heterocycles. The largest absolute Gasteiger partial charge is 0.449 e. The summed E-state index contributed by atoms with van der Waals surface area (Å²) in [6, 6.07) is 12.6. The Morgan fingerprint density at radius 3 is 2.14 bits per heavy atom. The number of para-hydroxylation sites is 1. The lowest BCUT2D eigenvalue weighted by atomic mass is 10.1. The van der Waals surface area contributed by atoms with Crippen molar-refractivity contribution in [2.45, 2.75) is 26.9 Å². The first kappa shape index (κ1) is 21.9. The van der Waals surface area contributed by atoms with Crippen LogP contribution in [0.3, 0.4) is 0 Å². The first-order valence-electron chi connectivity index (χ1n) is 9.31. The second-order valence-corrected chi connectivity index (χ2v) is 7.02. The van der Waals surface area contributed by atoms with Crippen LogP contribution in [-0.2, 0) is 14.3 Å². The van der Waals surface area contributed by atoms with Crippen LogP contribution in [-0.4, -0.2) is 44.5 Å². The zero-order chi connectivity index (χ0) is 21.6. The third kappa shape index (κ3) is 6.07. The molecule has 0 unspecified atom stereocenters. The number of amides is 2. The van der Waals surface area contributed by atoms with Gasteiger partial charge in [0.2, 0.25) is 5.91 Å². The van der Waals surface area contributed by atoms with Crippen molar-refractivity contribution in [2.75, 3.05) is 30.9 Å². The number of anilines is 2. The van der Waals surface area contributed by atoms with E-state index in [9.17, 15) is 14.4 Å². The maximum atomic E-state index is 12.2. The second kappa shape index (κ2) is 9.73. The van der Waals surface area contributed by atoms with E-state index in [1.807, 2.05) is 51.0 Å². The summed E-state index contributed by atoms with van der Waals surface area (Å²) in [6.07, 6.45) is -1.02. The number of rotatable bonds is 7. The highest BCUT2D eigenvalue weighted by Crippen LogP contribution is 2.19. The van der Waals surface area contributed by atoms with Crippen molar-refractivity contribution in [1.29, 1.82) is 0 Å². The molecule has 2 aromatic rings. The average molecular weight is 397 g/mol. The Labute approximate surface area is 171 Å². The van der Waals surface area contributed by atoms with E-state index in [1.165, 1.54) is 6.92 Å². The Kier molecular flexibility index (Phi) is 7.36. The van der Waals surface area contributed by atoms with Crippen molar-refractivity contribution in [2.24, 2.45) is 0 Å². The van der Waals surface area contributed by atoms with Gasteiger partial charge in [0.05, 0.1) is 12.1 Å². The summed E-state index contributed by atoms with van der Waals surface area (Å²) in [4.78, 5) is 38.4. The second-order valence-electron chi connectivity index (χ2n) is 7.02. The molecule has 1 atom stereocenters. The summed E-state index contributed by atoms with van der Waals surface area (Å²) >= 11 is 0. The average Bonchev–Trinajstić information content (AvgIpc) is 2.69. The number of ether oxygens (including phenoxy) is 1. The number of hydrogen-bond acceptors (Lipinski definition) is 5. The topological polar surface area (TPSA) is 87.7 Å². The molecule has 7 heteroatoms. The van der Waals surface area contributed by atoms with Gasteiger partial charge in [0.15, 0.2) is 6.10 Å². The summed E-state index contributed by atoms with van der Waals surface area (Å²) in [6.45, 7) is 5.04. The SMILES string of the molecule is Cc1cccc(C)c1NC(=O)CNC(=O)[C@H](C)OC(=O)c1ccc(N(C)C)cc1. The third-order valence-corrected chi connectivity index (χ3v) is 4.44. The van der Waals surface area contributed by atoms with E-state index in [1.54, 1.807) is 24.3 Å². The first-order chi connectivity index (χ1) is 13.7. The fourth-order valence-electron chi connectivity index (χ4n) is 2.68. The van der Waals surface area contributed by atoms with Crippen molar-refractivity contribution in [3.05, 3.63) is 59.2 Å². The molecular weight excluding hydrogens is 370 g/mol. The molecule has 2 N–H and O–H groups in total. The number of benzene rings is 2. The molecule has 0 radical (unpaired) electrons. The minimum atomic E-state index is -1.02. The van der Waals surface area contributed by atoms with Crippen LogP contribution >= 0.6 is 0 Å². The van der Waals surface area contributed by atoms with Gasteiger partial charge in [0, 0.05) is 25.5 Å². The highest BCUT2D eigenvalue weighted by atomic mass is 16.5. The van der Waals surface area contributed by atoms with Gasteiger partial charge in [0.1, 0.15) is 0 Å². The Balaban J connectivity index is 1.85. The van der Waals surface area contributed by atoms with E-state index in [0.29, 0.717) is 5.56 Å². The molecule has 7 nitrogen and oxygen atoms in total. The quantitative estimate of drug-likeness (QED) is 0.702. The Hall–Kier alpha value is -3.35. The molecule has 0 saturated heterocycles. The molecule has 0 fully saturated rings. The number of nitrogens with one attached hydrogen (secondary N) is 2. The van der Waals surface area contributed by atoms with E-state index in [4.69, 9.17) is 4.74 Å². The number of hydrogen-bond donors (Lipinski definition) is 2. The Morgan fingerprint density at radius 2 is 1.59 bits per heavy atom. The highest BCUT2D eigenvalue weighted by Gasteiger charge is 2.19. The van der Waals surface area contributed by atoms with Crippen molar-refractivity contribution in [1.82, 2.24) is 5.32 Å². The molecule has 0 saturated carbocycles. The maximum Gasteiger partial charge on any atom is 0.338 e. The lowest BCUT2D eigenvalue weighted by molar-refractivity contribution is -0.130. The zero-order valence-electron chi connectivity index (χ0n) is 17.4. The van der Waals surface area contributed by atoms with Crippen LogP contribution in [0.5, 0.6) is 0 Å². The molecule has 0 heterocycles. The van der Waals surface area contributed by atoms with E-state index in [0.717, 1.165) is 22.5 Å². The van der Waals surface area contributed by atoms with Gasteiger partial charge in [0.25, 0.3) is 5.91 Å². The first-order valence-corrected chi connectivity index (χ1v) is 9.31. The minimum absolute atomic E-state index is 0.216. The third-order valence-electron chi connectivity index (χ3n) is 4.44. The van der Waals surface area contributed by atoms with E-state index in [2.05, 4.69) is 10.6 Å². The molecule has 2 rings (SSSR count). The predicted molar refractivity (Wildman–Crippen MR) is 113 cm³/mol. The van der Waals surface area contributed by atoms with Gasteiger partial charge in [-0.1, -0.05) is 18.2 Å². The monoisotopic (exact) mass is 397 g/mol. The minimum Gasteiger partial charge on any atom is -0.449 e. The van der Waals surface area contributed by atoms with Crippen LogP contribution in [0.1, 0.15) is 28.4 Å². The lowest BCUT2D eigenvalue weighted by Crippen LogP contribution is -2.40. The lowest BCUT2D eigenvalue weighted by Gasteiger charge is -2.15. The molecule has 29 heavy (non-hydrogen) atoms. The van der Waals surface area contributed by atoms with Crippen LogP contribution < -0.4 is 15.5 Å².